The van der Waals surface area contributed by atoms with Gasteiger partial charge in [-0.05, 0) is 29.7 Å². The van der Waals surface area contributed by atoms with E-state index in [1.54, 1.807) is 12.1 Å². The second-order valence-corrected chi connectivity index (χ2v) is 5.94. The van der Waals surface area contributed by atoms with Crippen LogP contribution in [0.15, 0.2) is 42.5 Å². The normalized spacial score (nSPS) is 18.5. The Morgan fingerprint density at radius 2 is 1.95 bits per heavy atom. The molecule has 0 saturated carbocycles. The lowest BCUT2D eigenvalue weighted by molar-refractivity contribution is 0.165. The van der Waals surface area contributed by atoms with Crippen molar-refractivity contribution in [1.29, 1.82) is 0 Å². The van der Waals surface area contributed by atoms with E-state index >= 15 is 0 Å². The number of halogens is 2. The molecule has 0 bridgehead atoms. The number of benzene rings is 2. The Morgan fingerprint density at radius 3 is 2.67 bits per heavy atom. The van der Waals surface area contributed by atoms with Gasteiger partial charge in [-0.15, -0.1) is 0 Å². The van der Waals surface area contributed by atoms with Crippen LogP contribution in [0.3, 0.4) is 0 Å². The molecule has 1 unspecified atom stereocenters. The Balaban J connectivity index is 1.84. The fraction of sp³-hybridized carbons (Fsp3) is 0.294. The maximum absolute atomic E-state index is 14.0. The van der Waals surface area contributed by atoms with Crippen molar-refractivity contribution in [1.82, 2.24) is 4.90 Å². The maximum Gasteiger partial charge on any atom is 0.129 e. The number of nitrogens with two attached hydrogens (primary N) is 1. The Morgan fingerprint density at radius 1 is 1.19 bits per heavy atom. The molecule has 21 heavy (non-hydrogen) atoms. The third-order valence-corrected chi connectivity index (χ3v) is 4.36. The monoisotopic (exact) mass is 304 g/mol. The average Bonchev–Trinajstić information content (AvgIpc) is 2.49. The SMILES string of the molecule is NCC1Cc2ccccc2CN1Cc1ccc(Cl)cc1F. The first-order valence-corrected chi connectivity index (χ1v) is 7.50. The lowest BCUT2D eigenvalue weighted by atomic mass is 9.93. The van der Waals surface area contributed by atoms with E-state index in [0.717, 1.165) is 13.0 Å². The van der Waals surface area contributed by atoms with E-state index in [4.69, 9.17) is 17.3 Å². The second kappa shape index (κ2) is 6.14. The van der Waals surface area contributed by atoms with Crippen LogP contribution in [0.2, 0.25) is 5.02 Å². The summed E-state index contributed by atoms with van der Waals surface area (Å²) >= 11 is 5.81. The molecule has 0 aromatic heterocycles. The molecule has 1 heterocycles. The van der Waals surface area contributed by atoms with Crippen molar-refractivity contribution in [2.24, 2.45) is 5.73 Å². The summed E-state index contributed by atoms with van der Waals surface area (Å²) in [7, 11) is 0. The highest BCUT2D eigenvalue weighted by Gasteiger charge is 2.25. The largest absolute Gasteiger partial charge is 0.329 e. The van der Waals surface area contributed by atoms with Gasteiger partial charge in [-0.3, -0.25) is 4.90 Å². The van der Waals surface area contributed by atoms with Gasteiger partial charge in [-0.1, -0.05) is 41.9 Å². The molecule has 0 saturated heterocycles. The van der Waals surface area contributed by atoms with Gasteiger partial charge in [0.25, 0.3) is 0 Å². The van der Waals surface area contributed by atoms with Crippen molar-refractivity contribution in [3.63, 3.8) is 0 Å². The summed E-state index contributed by atoms with van der Waals surface area (Å²) in [6.45, 7) is 1.93. The van der Waals surface area contributed by atoms with Crippen molar-refractivity contribution in [2.45, 2.75) is 25.6 Å². The van der Waals surface area contributed by atoms with E-state index in [2.05, 4.69) is 23.1 Å². The van der Waals surface area contributed by atoms with Crippen LogP contribution < -0.4 is 5.73 Å². The molecule has 1 atom stereocenters. The standard InChI is InChI=1S/C17H18ClFN2/c18-15-6-5-14(17(19)8-15)11-21-10-13-4-2-1-3-12(13)7-16(21)9-20/h1-6,8,16H,7,9-11,20H2. The lowest BCUT2D eigenvalue weighted by Gasteiger charge is -2.36. The molecule has 4 heteroatoms. The minimum absolute atomic E-state index is 0.245. The van der Waals surface area contributed by atoms with Gasteiger partial charge in [0.05, 0.1) is 0 Å². The van der Waals surface area contributed by atoms with Crippen LogP contribution in [-0.2, 0) is 19.5 Å². The molecule has 0 aliphatic carbocycles. The zero-order valence-corrected chi connectivity index (χ0v) is 12.5. The van der Waals surface area contributed by atoms with Gasteiger partial charge < -0.3 is 5.73 Å². The van der Waals surface area contributed by atoms with Gasteiger partial charge in [0.15, 0.2) is 0 Å². The zero-order chi connectivity index (χ0) is 14.8. The summed E-state index contributed by atoms with van der Waals surface area (Å²) in [5.41, 5.74) is 9.22. The molecule has 0 fully saturated rings. The van der Waals surface area contributed by atoms with Crippen molar-refractivity contribution >= 4 is 11.6 Å². The van der Waals surface area contributed by atoms with Crippen molar-refractivity contribution in [3.05, 3.63) is 70.0 Å². The van der Waals surface area contributed by atoms with Crippen molar-refractivity contribution < 1.29 is 4.39 Å². The topological polar surface area (TPSA) is 29.3 Å². The fourth-order valence-electron chi connectivity index (χ4n) is 2.93. The van der Waals surface area contributed by atoms with Crippen LogP contribution in [0, 0.1) is 5.82 Å². The summed E-state index contributed by atoms with van der Waals surface area (Å²) in [5.74, 6) is -0.253. The molecule has 0 amide bonds. The summed E-state index contributed by atoms with van der Waals surface area (Å²) < 4.78 is 14.0. The smallest absolute Gasteiger partial charge is 0.129 e. The maximum atomic E-state index is 14.0. The summed E-state index contributed by atoms with van der Waals surface area (Å²) in [4.78, 5) is 2.24. The Bertz CT molecular complexity index is 644. The minimum Gasteiger partial charge on any atom is -0.329 e. The van der Waals surface area contributed by atoms with Gasteiger partial charge in [0.2, 0.25) is 0 Å². The molecular formula is C17H18ClFN2. The van der Waals surface area contributed by atoms with E-state index in [0.29, 0.717) is 23.7 Å². The van der Waals surface area contributed by atoms with E-state index in [-0.39, 0.29) is 11.9 Å². The third-order valence-electron chi connectivity index (χ3n) is 4.12. The first-order valence-electron chi connectivity index (χ1n) is 7.12. The van der Waals surface area contributed by atoms with E-state index in [9.17, 15) is 4.39 Å². The molecule has 3 rings (SSSR count). The van der Waals surface area contributed by atoms with Crippen LogP contribution in [-0.4, -0.2) is 17.5 Å². The molecule has 2 aromatic rings. The van der Waals surface area contributed by atoms with Crippen LogP contribution in [0.25, 0.3) is 0 Å². The molecule has 2 nitrogen and oxygen atoms in total. The van der Waals surface area contributed by atoms with Gasteiger partial charge in [0.1, 0.15) is 5.82 Å². The van der Waals surface area contributed by atoms with Crippen LogP contribution in [0.4, 0.5) is 4.39 Å². The highest BCUT2D eigenvalue weighted by molar-refractivity contribution is 6.30. The fourth-order valence-corrected chi connectivity index (χ4v) is 3.09. The first kappa shape index (κ1) is 14.5. The Kier molecular flexibility index (Phi) is 4.24. The minimum atomic E-state index is -0.253. The summed E-state index contributed by atoms with van der Waals surface area (Å²) in [6, 6.07) is 13.5. The number of nitrogens with zero attached hydrogens (tertiary/aromatic N) is 1. The van der Waals surface area contributed by atoms with E-state index < -0.39 is 0 Å². The lowest BCUT2D eigenvalue weighted by Crippen LogP contribution is -2.44. The molecule has 2 N–H and O–H groups in total. The highest BCUT2D eigenvalue weighted by atomic mass is 35.5. The Labute approximate surface area is 129 Å². The van der Waals surface area contributed by atoms with Gasteiger partial charge >= 0.3 is 0 Å². The Hall–Kier alpha value is -1.42. The van der Waals surface area contributed by atoms with Crippen molar-refractivity contribution in [3.8, 4) is 0 Å². The number of hydrogen-bond donors (Lipinski definition) is 1. The van der Waals surface area contributed by atoms with E-state index in [1.807, 2.05) is 6.07 Å². The molecule has 2 aromatic carbocycles. The zero-order valence-electron chi connectivity index (χ0n) is 11.7. The van der Waals surface area contributed by atoms with Crippen LogP contribution >= 0.6 is 11.6 Å². The molecule has 110 valence electrons. The van der Waals surface area contributed by atoms with Crippen LogP contribution in [0.1, 0.15) is 16.7 Å². The molecule has 0 radical (unpaired) electrons. The average molecular weight is 305 g/mol. The molecule has 1 aliphatic rings. The summed E-state index contributed by atoms with van der Waals surface area (Å²) in [6.07, 6.45) is 0.919. The van der Waals surface area contributed by atoms with Crippen LogP contribution in [0.5, 0.6) is 0 Å². The predicted octanol–water partition coefficient (Wildman–Crippen LogP) is 3.36. The highest BCUT2D eigenvalue weighted by Crippen LogP contribution is 2.25. The van der Waals surface area contributed by atoms with Crippen molar-refractivity contribution in [2.75, 3.05) is 6.54 Å². The van der Waals surface area contributed by atoms with Gasteiger partial charge in [0, 0.05) is 36.3 Å². The van der Waals surface area contributed by atoms with Gasteiger partial charge in [-0.25, -0.2) is 4.39 Å². The number of hydrogen-bond acceptors (Lipinski definition) is 2. The van der Waals surface area contributed by atoms with E-state index in [1.165, 1.54) is 17.2 Å². The molecule has 1 aliphatic heterocycles. The quantitative estimate of drug-likeness (QED) is 0.942. The first-order chi connectivity index (χ1) is 10.2. The predicted molar refractivity (Wildman–Crippen MR) is 83.6 cm³/mol. The number of fused-ring (bicyclic) bond motifs is 1. The molecule has 0 spiro atoms. The molecular weight excluding hydrogens is 287 g/mol. The third kappa shape index (κ3) is 3.10. The number of rotatable bonds is 3. The van der Waals surface area contributed by atoms with Gasteiger partial charge in [-0.2, -0.15) is 0 Å². The summed E-state index contributed by atoms with van der Waals surface area (Å²) in [5, 5.41) is 0.426. The second-order valence-electron chi connectivity index (χ2n) is 5.50.